The maximum absolute atomic E-state index is 10.9. The number of nitrogens with one attached hydrogen (secondary N) is 1. The van der Waals surface area contributed by atoms with Gasteiger partial charge in [-0.1, -0.05) is 35.3 Å². The van der Waals surface area contributed by atoms with Crippen LogP contribution >= 0.6 is 23.2 Å². The van der Waals surface area contributed by atoms with Crippen LogP contribution in [-0.2, 0) is 0 Å². The van der Waals surface area contributed by atoms with Crippen LogP contribution in [0.2, 0.25) is 10.2 Å². The van der Waals surface area contributed by atoms with Gasteiger partial charge in [-0.15, -0.1) is 0 Å². The SMILES string of the molecule is Cc1cccc(Nc2cc(C(=O)O)cc(Cl)n2)c1Cl. The van der Waals surface area contributed by atoms with Gasteiger partial charge in [0.25, 0.3) is 0 Å². The second-order valence-corrected chi connectivity index (χ2v) is 4.70. The van der Waals surface area contributed by atoms with E-state index >= 15 is 0 Å². The molecule has 0 aliphatic carbocycles. The van der Waals surface area contributed by atoms with E-state index in [9.17, 15) is 4.79 Å². The van der Waals surface area contributed by atoms with Gasteiger partial charge in [0.05, 0.1) is 16.3 Å². The molecule has 6 heteroatoms. The molecule has 4 nitrogen and oxygen atoms in total. The average Bonchev–Trinajstić information content (AvgIpc) is 2.34. The summed E-state index contributed by atoms with van der Waals surface area (Å²) in [7, 11) is 0. The van der Waals surface area contributed by atoms with E-state index in [-0.39, 0.29) is 10.7 Å². The van der Waals surface area contributed by atoms with E-state index in [1.807, 2.05) is 19.1 Å². The molecule has 0 bridgehead atoms. The summed E-state index contributed by atoms with van der Waals surface area (Å²) in [6.45, 7) is 1.88. The summed E-state index contributed by atoms with van der Waals surface area (Å²) in [5.74, 6) is -0.736. The summed E-state index contributed by atoms with van der Waals surface area (Å²) < 4.78 is 0. The number of carboxylic acid groups (broad SMARTS) is 1. The molecule has 98 valence electrons. The molecule has 0 unspecified atom stereocenters. The fourth-order valence-electron chi connectivity index (χ4n) is 1.57. The molecule has 19 heavy (non-hydrogen) atoms. The molecule has 2 aromatic rings. The number of aryl methyl sites for hydroxylation is 1. The zero-order valence-electron chi connectivity index (χ0n) is 9.95. The van der Waals surface area contributed by atoms with E-state index in [0.29, 0.717) is 16.5 Å². The third-order valence-electron chi connectivity index (χ3n) is 2.50. The Balaban J connectivity index is 2.38. The first-order chi connectivity index (χ1) is 8.97. The highest BCUT2D eigenvalue weighted by molar-refractivity contribution is 6.34. The molecule has 1 aromatic carbocycles. The van der Waals surface area contributed by atoms with Gasteiger partial charge in [-0.05, 0) is 30.7 Å². The number of halogens is 2. The highest BCUT2D eigenvalue weighted by Crippen LogP contribution is 2.28. The molecular formula is C13H10Cl2N2O2. The van der Waals surface area contributed by atoms with Gasteiger partial charge in [-0.2, -0.15) is 0 Å². The van der Waals surface area contributed by atoms with Gasteiger partial charge in [-0.25, -0.2) is 9.78 Å². The number of hydrogen-bond acceptors (Lipinski definition) is 3. The standard InChI is InChI=1S/C13H10Cl2N2O2/c1-7-3-2-4-9(12(7)15)16-11-6-8(13(18)19)5-10(14)17-11/h2-6H,1H3,(H,16,17)(H,18,19). The summed E-state index contributed by atoms with van der Waals surface area (Å²) in [5, 5.41) is 12.6. The smallest absolute Gasteiger partial charge is 0.335 e. The van der Waals surface area contributed by atoms with E-state index in [2.05, 4.69) is 10.3 Å². The topological polar surface area (TPSA) is 62.2 Å². The lowest BCUT2D eigenvalue weighted by Crippen LogP contribution is -2.01. The van der Waals surface area contributed by atoms with Gasteiger partial charge < -0.3 is 10.4 Å². The maximum atomic E-state index is 10.9. The minimum atomic E-state index is -1.07. The molecule has 0 amide bonds. The van der Waals surface area contributed by atoms with E-state index in [1.165, 1.54) is 12.1 Å². The molecule has 0 radical (unpaired) electrons. The normalized spacial score (nSPS) is 10.3. The van der Waals surface area contributed by atoms with Crippen molar-refractivity contribution in [3.63, 3.8) is 0 Å². The predicted octanol–water partition coefficient (Wildman–Crippen LogP) is 4.14. The minimum Gasteiger partial charge on any atom is -0.478 e. The number of nitrogens with zero attached hydrogens (tertiary/aromatic N) is 1. The lowest BCUT2D eigenvalue weighted by atomic mass is 10.2. The van der Waals surface area contributed by atoms with Crippen LogP contribution < -0.4 is 5.32 Å². The Labute approximate surface area is 120 Å². The van der Waals surface area contributed by atoms with Crippen molar-refractivity contribution in [1.29, 1.82) is 0 Å². The molecule has 0 atom stereocenters. The predicted molar refractivity (Wildman–Crippen MR) is 75.7 cm³/mol. The molecular weight excluding hydrogens is 287 g/mol. The molecule has 0 saturated carbocycles. The van der Waals surface area contributed by atoms with Gasteiger partial charge in [0.1, 0.15) is 11.0 Å². The minimum absolute atomic E-state index is 0.0614. The van der Waals surface area contributed by atoms with Crippen molar-refractivity contribution in [3.8, 4) is 0 Å². The zero-order chi connectivity index (χ0) is 14.0. The van der Waals surface area contributed by atoms with Crippen LogP contribution in [-0.4, -0.2) is 16.1 Å². The maximum Gasteiger partial charge on any atom is 0.335 e. The Morgan fingerprint density at radius 3 is 2.74 bits per heavy atom. The van der Waals surface area contributed by atoms with Gasteiger partial charge in [0.2, 0.25) is 0 Å². The number of carboxylic acids is 1. The van der Waals surface area contributed by atoms with Crippen LogP contribution in [0.15, 0.2) is 30.3 Å². The first-order valence-electron chi connectivity index (χ1n) is 5.40. The molecule has 0 aliphatic heterocycles. The van der Waals surface area contributed by atoms with Gasteiger partial charge in [0.15, 0.2) is 0 Å². The second-order valence-electron chi connectivity index (χ2n) is 3.93. The molecule has 2 N–H and O–H groups in total. The van der Waals surface area contributed by atoms with Gasteiger partial charge in [0, 0.05) is 0 Å². The summed E-state index contributed by atoms with van der Waals surface area (Å²) in [6, 6.07) is 8.17. The second kappa shape index (κ2) is 5.47. The Hall–Kier alpha value is -1.78. The van der Waals surface area contributed by atoms with Crippen molar-refractivity contribution in [3.05, 3.63) is 51.6 Å². The molecule has 0 aliphatic rings. The van der Waals surface area contributed by atoms with Gasteiger partial charge in [-0.3, -0.25) is 0 Å². The van der Waals surface area contributed by atoms with Crippen LogP contribution in [0.3, 0.4) is 0 Å². The number of carbonyl (C=O) groups is 1. The van der Waals surface area contributed by atoms with Crippen LogP contribution in [0, 0.1) is 6.92 Å². The van der Waals surface area contributed by atoms with E-state index < -0.39 is 5.97 Å². The first-order valence-corrected chi connectivity index (χ1v) is 6.16. The number of rotatable bonds is 3. The van der Waals surface area contributed by atoms with Crippen LogP contribution in [0.5, 0.6) is 0 Å². The monoisotopic (exact) mass is 296 g/mol. The van der Waals surface area contributed by atoms with Crippen molar-refractivity contribution >= 4 is 40.7 Å². The zero-order valence-corrected chi connectivity index (χ0v) is 11.5. The highest BCUT2D eigenvalue weighted by Gasteiger charge is 2.09. The summed E-state index contributed by atoms with van der Waals surface area (Å²) in [6.07, 6.45) is 0. The molecule has 1 heterocycles. The highest BCUT2D eigenvalue weighted by atomic mass is 35.5. The van der Waals surface area contributed by atoms with E-state index in [4.69, 9.17) is 28.3 Å². The fourth-order valence-corrected chi connectivity index (χ4v) is 1.95. The largest absolute Gasteiger partial charge is 0.478 e. The number of aromatic carboxylic acids is 1. The Morgan fingerprint density at radius 1 is 1.32 bits per heavy atom. The number of pyridine rings is 1. The number of hydrogen-bond donors (Lipinski definition) is 2. The molecule has 0 spiro atoms. The average molecular weight is 297 g/mol. The molecule has 0 saturated heterocycles. The van der Waals surface area contributed by atoms with E-state index in [0.717, 1.165) is 5.56 Å². The van der Waals surface area contributed by atoms with Crippen molar-refractivity contribution in [1.82, 2.24) is 4.98 Å². The van der Waals surface area contributed by atoms with Gasteiger partial charge >= 0.3 is 5.97 Å². The summed E-state index contributed by atoms with van der Waals surface area (Å²) in [4.78, 5) is 15.0. The Kier molecular flexibility index (Phi) is 3.93. The van der Waals surface area contributed by atoms with Crippen LogP contribution in [0.1, 0.15) is 15.9 Å². The summed E-state index contributed by atoms with van der Waals surface area (Å²) >= 11 is 11.9. The van der Waals surface area contributed by atoms with Crippen molar-refractivity contribution < 1.29 is 9.90 Å². The van der Waals surface area contributed by atoms with Crippen molar-refractivity contribution in [2.45, 2.75) is 6.92 Å². The Morgan fingerprint density at radius 2 is 2.05 bits per heavy atom. The van der Waals surface area contributed by atoms with Crippen molar-refractivity contribution in [2.75, 3.05) is 5.32 Å². The Bertz CT molecular complexity index is 645. The number of anilines is 2. The first kappa shape index (κ1) is 13.6. The molecule has 1 aromatic heterocycles. The quantitative estimate of drug-likeness (QED) is 0.836. The van der Waals surface area contributed by atoms with Crippen LogP contribution in [0.4, 0.5) is 11.5 Å². The lowest BCUT2D eigenvalue weighted by Gasteiger charge is -2.10. The fraction of sp³-hybridized carbons (Fsp3) is 0.0769. The molecule has 2 rings (SSSR count). The lowest BCUT2D eigenvalue weighted by molar-refractivity contribution is 0.0697. The van der Waals surface area contributed by atoms with Crippen molar-refractivity contribution in [2.24, 2.45) is 0 Å². The molecule has 0 fully saturated rings. The third kappa shape index (κ3) is 3.16. The summed E-state index contributed by atoms with van der Waals surface area (Å²) in [5.41, 5.74) is 1.62. The third-order valence-corrected chi connectivity index (χ3v) is 3.19. The number of benzene rings is 1. The van der Waals surface area contributed by atoms with Crippen LogP contribution in [0.25, 0.3) is 0 Å². The van der Waals surface area contributed by atoms with E-state index in [1.54, 1.807) is 6.07 Å². The number of aromatic nitrogens is 1.